The number of carbonyl (C=O) groups excluding carboxylic acids is 2. The molecule has 9 heteroatoms. The summed E-state index contributed by atoms with van der Waals surface area (Å²) in [5.74, 6) is -0.0514. The van der Waals surface area contributed by atoms with E-state index in [1.807, 2.05) is 84.9 Å². The highest BCUT2D eigenvalue weighted by Gasteiger charge is 2.25. The van der Waals surface area contributed by atoms with E-state index in [0.717, 1.165) is 11.1 Å². The van der Waals surface area contributed by atoms with Gasteiger partial charge in [0.25, 0.3) is 11.8 Å². The highest BCUT2D eigenvalue weighted by molar-refractivity contribution is 6.35. The molecule has 7 nitrogen and oxygen atoms in total. The molecular weight excluding hydrogens is 561 g/mol. The molecule has 0 aliphatic heterocycles. The van der Waals surface area contributed by atoms with Gasteiger partial charge in [-0.3, -0.25) is 9.59 Å². The Kier molecular flexibility index (Phi) is 10.8. The molecule has 0 aromatic heterocycles. The van der Waals surface area contributed by atoms with Crippen molar-refractivity contribution in [3.63, 3.8) is 0 Å². The number of benzene rings is 4. The first-order chi connectivity index (χ1) is 19.9. The summed E-state index contributed by atoms with van der Waals surface area (Å²) in [6, 6.07) is 30.4. The Bertz CT molecular complexity index is 1480. The second kappa shape index (κ2) is 14.9. The van der Waals surface area contributed by atoms with Gasteiger partial charge in [-0.2, -0.15) is 5.10 Å². The fourth-order valence-corrected chi connectivity index (χ4v) is 4.31. The molecule has 0 spiro atoms. The number of amides is 2. The van der Waals surface area contributed by atoms with Crippen molar-refractivity contribution < 1.29 is 19.1 Å². The lowest BCUT2D eigenvalue weighted by Crippen LogP contribution is -2.50. The molecule has 4 aromatic carbocycles. The molecule has 2 amide bonds. The molecule has 0 aliphatic rings. The first kappa shape index (κ1) is 29.6. The Balaban J connectivity index is 1.42. The lowest BCUT2D eigenvalue weighted by atomic mass is 10.1. The summed E-state index contributed by atoms with van der Waals surface area (Å²) in [7, 11) is 0. The van der Waals surface area contributed by atoms with Crippen molar-refractivity contribution in [2.75, 3.05) is 0 Å². The quantitative estimate of drug-likeness (QED) is 0.152. The van der Waals surface area contributed by atoms with Gasteiger partial charge in [0, 0.05) is 17.0 Å². The van der Waals surface area contributed by atoms with Gasteiger partial charge in [-0.05, 0) is 48.4 Å². The summed E-state index contributed by atoms with van der Waals surface area (Å²) in [4.78, 5) is 26.2. The Labute approximate surface area is 249 Å². The predicted octanol–water partition coefficient (Wildman–Crippen LogP) is 6.22. The highest BCUT2D eigenvalue weighted by Crippen LogP contribution is 2.28. The molecule has 2 N–H and O–H groups in total. The summed E-state index contributed by atoms with van der Waals surface area (Å²) >= 11 is 12.1. The van der Waals surface area contributed by atoms with Gasteiger partial charge in [-0.15, -0.1) is 0 Å². The second-order valence-corrected chi connectivity index (χ2v) is 9.98. The molecule has 0 unspecified atom stereocenters. The molecule has 4 rings (SSSR count). The third kappa shape index (κ3) is 9.10. The molecule has 0 radical (unpaired) electrons. The maximum atomic E-state index is 13.2. The average Bonchev–Trinajstić information content (AvgIpc) is 2.98. The van der Waals surface area contributed by atoms with Gasteiger partial charge in [0.2, 0.25) is 0 Å². The Morgan fingerprint density at radius 3 is 2.20 bits per heavy atom. The summed E-state index contributed by atoms with van der Waals surface area (Å²) in [5, 5.41) is 7.64. The van der Waals surface area contributed by atoms with Crippen molar-refractivity contribution in [1.29, 1.82) is 0 Å². The number of rotatable bonds is 12. The van der Waals surface area contributed by atoms with Crippen LogP contribution in [0.1, 0.15) is 23.6 Å². The molecule has 2 atom stereocenters. The fraction of sp³-hybridized carbons (Fsp3) is 0.156. The lowest BCUT2D eigenvalue weighted by Gasteiger charge is -2.21. The van der Waals surface area contributed by atoms with Gasteiger partial charge in [0.15, 0.2) is 6.10 Å². The maximum absolute atomic E-state index is 13.2. The van der Waals surface area contributed by atoms with Crippen LogP contribution in [0.2, 0.25) is 10.0 Å². The van der Waals surface area contributed by atoms with Crippen molar-refractivity contribution in [2.45, 2.75) is 32.1 Å². The number of nitrogens with zero attached hydrogens (tertiary/aromatic N) is 1. The van der Waals surface area contributed by atoms with Crippen LogP contribution >= 0.6 is 23.2 Å². The van der Waals surface area contributed by atoms with Crippen LogP contribution in [-0.4, -0.2) is 30.2 Å². The van der Waals surface area contributed by atoms with Gasteiger partial charge in [-0.25, -0.2) is 5.43 Å². The standard InChI is InChI=1S/C32H29Cl2N3O4/c1-22(41-30-17-16-26(33)19-27(30)34)31(38)36-28(18-23-10-4-2-5-11-23)32(39)37-35-20-25-14-8-9-15-29(25)40-21-24-12-6-3-7-13-24/h2-17,19-20,22,28H,18,21H2,1H3,(H,36,38)(H,37,39)/b35-20-/t22-,28-/m0/s1. The van der Waals surface area contributed by atoms with Crippen LogP contribution in [0.4, 0.5) is 0 Å². The summed E-state index contributed by atoms with van der Waals surface area (Å²) in [6.45, 7) is 1.97. The number of para-hydroxylation sites is 1. The zero-order valence-corrected chi connectivity index (χ0v) is 23.8. The molecule has 4 aromatic rings. The van der Waals surface area contributed by atoms with Crippen LogP contribution in [0.5, 0.6) is 11.5 Å². The van der Waals surface area contributed by atoms with Crippen molar-refractivity contribution in [2.24, 2.45) is 5.10 Å². The first-order valence-corrected chi connectivity index (χ1v) is 13.7. The maximum Gasteiger partial charge on any atom is 0.262 e. The fourth-order valence-electron chi connectivity index (χ4n) is 3.86. The third-order valence-electron chi connectivity index (χ3n) is 6.02. The minimum atomic E-state index is -0.933. The third-order valence-corrected chi connectivity index (χ3v) is 6.55. The average molecular weight is 591 g/mol. The van der Waals surface area contributed by atoms with Crippen LogP contribution in [0.25, 0.3) is 0 Å². The van der Waals surface area contributed by atoms with Gasteiger partial charge in [0.05, 0.1) is 11.2 Å². The topological polar surface area (TPSA) is 89.0 Å². The Morgan fingerprint density at radius 2 is 1.49 bits per heavy atom. The molecule has 41 heavy (non-hydrogen) atoms. The largest absolute Gasteiger partial charge is 0.488 e. The Hall–Kier alpha value is -4.33. The number of hydrazone groups is 1. The van der Waals surface area contributed by atoms with Crippen molar-refractivity contribution in [3.8, 4) is 11.5 Å². The molecule has 0 fully saturated rings. The molecule has 0 saturated carbocycles. The minimum Gasteiger partial charge on any atom is -0.488 e. The van der Waals surface area contributed by atoms with E-state index >= 15 is 0 Å². The molecule has 210 valence electrons. The van der Waals surface area contributed by atoms with Gasteiger partial charge < -0.3 is 14.8 Å². The highest BCUT2D eigenvalue weighted by atomic mass is 35.5. The second-order valence-electron chi connectivity index (χ2n) is 9.13. The number of carbonyl (C=O) groups is 2. The van der Waals surface area contributed by atoms with E-state index in [1.54, 1.807) is 19.1 Å². The lowest BCUT2D eigenvalue weighted by molar-refractivity contribution is -0.132. The molecule has 0 bridgehead atoms. The SMILES string of the molecule is C[C@H](Oc1ccc(Cl)cc1Cl)C(=O)N[C@@H](Cc1ccccc1)C(=O)N/N=C\c1ccccc1OCc1ccccc1. The number of ether oxygens (including phenoxy) is 2. The minimum absolute atomic E-state index is 0.249. The van der Waals surface area contributed by atoms with Gasteiger partial charge in [0.1, 0.15) is 24.1 Å². The number of hydrogen-bond donors (Lipinski definition) is 2. The summed E-state index contributed by atoms with van der Waals surface area (Å²) < 4.78 is 11.7. The first-order valence-electron chi connectivity index (χ1n) is 12.9. The predicted molar refractivity (Wildman–Crippen MR) is 162 cm³/mol. The van der Waals surface area contributed by atoms with E-state index in [1.165, 1.54) is 12.3 Å². The smallest absolute Gasteiger partial charge is 0.262 e. The van der Waals surface area contributed by atoms with Crippen LogP contribution in [-0.2, 0) is 22.6 Å². The van der Waals surface area contributed by atoms with E-state index in [9.17, 15) is 9.59 Å². The van der Waals surface area contributed by atoms with Crippen LogP contribution in [0.3, 0.4) is 0 Å². The van der Waals surface area contributed by atoms with E-state index in [0.29, 0.717) is 28.7 Å². The number of hydrogen-bond acceptors (Lipinski definition) is 5. The summed E-state index contributed by atoms with van der Waals surface area (Å²) in [6.07, 6.45) is 0.824. The monoisotopic (exact) mass is 589 g/mol. The summed E-state index contributed by atoms with van der Waals surface area (Å²) in [5.41, 5.74) is 5.13. The molecule has 0 saturated heterocycles. The van der Waals surface area contributed by atoms with E-state index in [-0.39, 0.29) is 11.4 Å². The Morgan fingerprint density at radius 1 is 0.829 bits per heavy atom. The van der Waals surface area contributed by atoms with Crippen LogP contribution in [0, 0.1) is 0 Å². The van der Waals surface area contributed by atoms with E-state index < -0.39 is 24.0 Å². The van der Waals surface area contributed by atoms with Crippen LogP contribution < -0.4 is 20.2 Å². The number of halogens is 2. The van der Waals surface area contributed by atoms with E-state index in [4.69, 9.17) is 32.7 Å². The molecule has 0 heterocycles. The van der Waals surface area contributed by atoms with Gasteiger partial charge in [-0.1, -0.05) is 96.0 Å². The zero-order chi connectivity index (χ0) is 29.0. The molecule has 0 aliphatic carbocycles. The van der Waals surface area contributed by atoms with Crippen molar-refractivity contribution >= 4 is 41.2 Å². The number of nitrogens with one attached hydrogen (secondary N) is 2. The van der Waals surface area contributed by atoms with Crippen molar-refractivity contribution in [1.82, 2.24) is 10.7 Å². The van der Waals surface area contributed by atoms with Crippen molar-refractivity contribution in [3.05, 3.63) is 130 Å². The van der Waals surface area contributed by atoms with E-state index in [2.05, 4.69) is 15.8 Å². The van der Waals surface area contributed by atoms with Gasteiger partial charge >= 0.3 is 0 Å². The van der Waals surface area contributed by atoms with Crippen LogP contribution in [0.15, 0.2) is 108 Å². The molecular formula is C32H29Cl2N3O4. The normalized spacial score (nSPS) is 12.4. The zero-order valence-electron chi connectivity index (χ0n) is 22.3.